The predicted octanol–water partition coefficient (Wildman–Crippen LogP) is 3.38. The number of nitrogens with one attached hydrogen (secondary N) is 2. The van der Waals surface area contributed by atoms with Gasteiger partial charge in [0.25, 0.3) is 5.91 Å². The summed E-state index contributed by atoms with van der Waals surface area (Å²) in [5.74, 6) is 0.572. The summed E-state index contributed by atoms with van der Waals surface area (Å²) in [6, 6.07) is 9.29. The van der Waals surface area contributed by atoms with Crippen LogP contribution in [0.15, 0.2) is 36.5 Å². The lowest BCUT2D eigenvalue weighted by molar-refractivity contribution is 0.102. The fourth-order valence-electron chi connectivity index (χ4n) is 3.01. The molecule has 4 rings (SSSR count). The Morgan fingerprint density at radius 1 is 1.31 bits per heavy atom. The van der Waals surface area contributed by atoms with Gasteiger partial charge in [-0.3, -0.25) is 4.79 Å². The van der Waals surface area contributed by atoms with Crippen molar-refractivity contribution in [3.05, 3.63) is 47.1 Å². The molecule has 0 atom stereocenters. The number of nitrogens with zero attached hydrogens (tertiary/aromatic N) is 2. The number of anilines is 1. The Kier molecular flexibility index (Phi) is 4.81. The molecule has 0 radical (unpaired) electrons. The third-order valence-corrected chi connectivity index (χ3v) is 5.19. The van der Waals surface area contributed by atoms with Crippen molar-refractivity contribution < 1.29 is 9.53 Å². The van der Waals surface area contributed by atoms with Crippen molar-refractivity contribution in [3.63, 3.8) is 0 Å². The number of carbonyl (C=O) groups excluding carboxylic acids is 1. The molecule has 0 aliphatic carbocycles. The largest absolute Gasteiger partial charge is 0.490 e. The molecule has 6 nitrogen and oxygen atoms in total. The lowest BCUT2D eigenvalue weighted by Crippen LogP contribution is -2.34. The minimum absolute atomic E-state index is 0.205. The van der Waals surface area contributed by atoms with Gasteiger partial charge in [0.2, 0.25) is 0 Å². The maximum atomic E-state index is 12.5. The molecule has 0 spiro atoms. The van der Waals surface area contributed by atoms with Crippen LogP contribution in [-0.2, 0) is 0 Å². The maximum Gasteiger partial charge on any atom is 0.257 e. The van der Waals surface area contributed by atoms with Crippen molar-refractivity contribution in [2.45, 2.75) is 25.9 Å². The van der Waals surface area contributed by atoms with Crippen LogP contribution in [0.25, 0.3) is 10.3 Å². The Hall–Kier alpha value is -2.51. The molecular weight excluding hydrogens is 348 g/mol. The molecule has 1 aromatic carbocycles. The molecule has 0 unspecified atom stereocenters. The first-order valence-corrected chi connectivity index (χ1v) is 9.51. The summed E-state index contributed by atoms with van der Waals surface area (Å²) in [5, 5.41) is 7.17. The van der Waals surface area contributed by atoms with Crippen LogP contribution in [-0.4, -0.2) is 35.1 Å². The number of fused-ring (bicyclic) bond motifs is 1. The number of aromatic nitrogens is 2. The van der Waals surface area contributed by atoms with Gasteiger partial charge >= 0.3 is 0 Å². The number of benzene rings is 1. The highest BCUT2D eigenvalue weighted by Gasteiger charge is 2.15. The van der Waals surface area contributed by atoms with E-state index in [0.717, 1.165) is 47.0 Å². The average Bonchev–Trinajstić information content (AvgIpc) is 3.02. The Bertz CT molecular complexity index is 934. The second kappa shape index (κ2) is 7.39. The fraction of sp³-hybridized carbons (Fsp3) is 0.316. The molecule has 2 N–H and O–H groups in total. The van der Waals surface area contributed by atoms with Gasteiger partial charge in [-0.2, -0.15) is 0 Å². The van der Waals surface area contributed by atoms with Crippen LogP contribution < -0.4 is 15.4 Å². The van der Waals surface area contributed by atoms with Crippen LogP contribution in [0, 0.1) is 6.92 Å². The predicted molar refractivity (Wildman–Crippen MR) is 103 cm³/mol. The molecule has 1 aliphatic heterocycles. The summed E-state index contributed by atoms with van der Waals surface area (Å²) in [6.45, 7) is 3.89. The lowest BCUT2D eigenvalue weighted by atomic mass is 10.1. The number of amides is 1. The Labute approximate surface area is 155 Å². The number of pyridine rings is 1. The zero-order valence-electron chi connectivity index (χ0n) is 14.5. The summed E-state index contributed by atoms with van der Waals surface area (Å²) in [5.41, 5.74) is 1.95. The SMILES string of the molecule is Cc1nc2cc(C(=O)Nc3cccc(OC4CCNCC4)c3)cnc2s1. The molecule has 0 saturated carbocycles. The van der Waals surface area contributed by atoms with Gasteiger partial charge in [-0.25, -0.2) is 9.97 Å². The average molecular weight is 368 g/mol. The van der Waals surface area contributed by atoms with Gasteiger partial charge in [0.15, 0.2) is 0 Å². The van der Waals surface area contributed by atoms with Gasteiger partial charge in [-0.15, -0.1) is 0 Å². The minimum atomic E-state index is -0.205. The molecule has 3 aromatic rings. The molecule has 1 amide bonds. The number of piperidine rings is 1. The van der Waals surface area contributed by atoms with E-state index in [1.807, 2.05) is 31.2 Å². The van der Waals surface area contributed by atoms with Gasteiger partial charge in [-0.1, -0.05) is 17.4 Å². The molecule has 26 heavy (non-hydrogen) atoms. The van der Waals surface area contributed by atoms with Crippen LogP contribution in [0.3, 0.4) is 0 Å². The Morgan fingerprint density at radius 3 is 3.00 bits per heavy atom. The molecule has 1 aliphatic rings. The van der Waals surface area contributed by atoms with Crippen LogP contribution in [0.5, 0.6) is 5.75 Å². The molecule has 2 aromatic heterocycles. The van der Waals surface area contributed by atoms with E-state index in [1.54, 1.807) is 12.3 Å². The second-order valence-electron chi connectivity index (χ2n) is 6.33. The van der Waals surface area contributed by atoms with Gasteiger partial charge in [0, 0.05) is 18.0 Å². The van der Waals surface area contributed by atoms with Crippen molar-refractivity contribution in [1.29, 1.82) is 0 Å². The van der Waals surface area contributed by atoms with Crippen molar-refractivity contribution in [1.82, 2.24) is 15.3 Å². The van der Waals surface area contributed by atoms with Gasteiger partial charge in [0.1, 0.15) is 22.2 Å². The highest BCUT2D eigenvalue weighted by Crippen LogP contribution is 2.23. The van der Waals surface area contributed by atoms with Crippen LogP contribution in [0.2, 0.25) is 0 Å². The molecule has 3 heterocycles. The lowest BCUT2D eigenvalue weighted by Gasteiger charge is -2.24. The summed E-state index contributed by atoms with van der Waals surface area (Å²) in [4.78, 5) is 22.1. The van der Waals surface area contributed by atoms with Crippen LogP contribution in [0.4, 0.5) is 5.69 Å². The molecule has 0 bridgehead atoms. The third kappa shape index (κ3) is 3.84. The topological polar surface area (TPSA) is 76.1 Å². The summed E-state index contributed by atoms with van der Waals surface area (Å²) >= 11 is 1.52. The van der Waals surface area contributed by atoms with Gasteiger partial charge in [-0.05, 0) is 51.1 Å². The van der Waals surface area contributed by atoms with Crippen LogP contribution >= 0.6 is 11.3 Å². The first-order valence-electron chi connectivity index (χ1n) is 8.69. The van der Waals surface area contributed by atoms with Crippen molar-refractivity contribution in [2.75, 3.05) is 18.4 Å². The summed E-state index contributed by atoms with van der Waals surface area (Å²) < 4.78 is 6.03. The number of carbonyl (C=O) groups is 1. The van der Waals surface area contributed by atoms with Crippen molar-refractivity contribution in [2.24, 2.45) is 0 Å². The van der Waals surface area contributed by atoms with E-state index in [2.05, 4.69) is 20.6 Å². The zero-order chi connectivity index (χ0) is 17.9. The number of rotatable bonds is 4. The van der Waals surface area contributed by atoms with E-state index in [4.69, 9.17) is 4.74 Å². The molecule has 7 heteroatoms. The first kappa shape index (κ1) is 16.9. The summed E-state index contributed by atoms with van der Waals surface area (Å²) in [7, 11) is 0. The van der Waals surface area contributed by atoms with E-state index in [-0.39, 0.29) is 12.0 Å². The van der Waals surface area contributed by atoms with Crippen molar-refractivity contribution in [3.8, 4) is 5.75 Å². The smallest absolute Gasteiger partial charge is 0.257 e. The molecular formula is C19H20N4O2S. The normalized spacial score (nSPS) is 15.1. The van der Waals surface area contributed by atoms with E-state index < -0.39 is 0 Å². The standard InChI is InChI=1S/C19H20N4O2S/c1-12-22-17-9-13(11-21-19(17)26-12)18(24)23-14-3-2-4-16(10-14)25-15-5-7-20-8-6-15/h2-4,9-11,15,20H,5-8H2,1H3,(H,23,24). The van der Waals surface area contributed by atoms with Crippen molar-refractivity contribution >= 4 is 33.3 Å². The summed E-state index contributed by atoms with van der Waals surface area (Å²) in [6.07, 6.45) is 3.80. The van der Waals surface area contributed by atoms with E-state index in [9.17, 15) is 4.79 Å². The van der Waals surface area contributed by atoms with Gasteiger partial charge in [0.05, 0.1) is 10.6 Å². The van der Waals surface area contributed by atoms with Gasteiger partial charge < -0.3 is 15.4 Å². The minimum Gasteiger partial charge on any atom is -0.490 e. The van der Waals surface area contributed by atoms with Crippen LogP contribution in [0.1, 0.15) is 28.2 Å². The van der Waals surface area contributed by atoms with E-state index >= 15 is 0 Å². The molecule has 1 saturated heterocycles. The maximum absolute atomic E-state index is 12.5. The number of hydrogen-bond donors (Lipinski definition) is 2. The second-order valence-corrected chi connectivity index (χ2v) is 7.51. The third-order valence-electron chi connectivity index (χ3n) is 4.30. The number of ether oxygens (including phenoxy) is 1. The molecule has 134 valence electrons. The zero-order valence-corrected chi connectivity index (χ0v) is 15.3. The molecule has 1 fully saturated rings. The number of hydrogen-bond acceptors (Lipinski definition) is 6. The Morgan fingerprint density at radius 2 is 2.15 bits per heavy atom. The number of thiazole rings is 1. The van der Waals surface area contributed by atoms with E-state index in [1.165, 1.54) is 11.3 Å². The number of aryl methyl sites for hydroxylation is 1. The monoisotopic (exact) mass is 368 g/mol. The fourth-order valence-corrected chi connectivity index (χ4v) is 3.75. The highest BCUT2D eigenvalue weighted by atomic mass is 32.1. The Balaban J connectivity index is 1.46. The highest BCUT2D eigenvalue weighted by molar-refractivity contribution is 7.18. The first-order chi connectivity index (χ1) is 12.7. The van der Waals surface area contributed by atoms with E-state index in [0.29, 0.717) is 11.3 Å². The quantitative estimate of drug-likeness (QED) is 0.738.